The fraction of sp³-hybridized carbons (Fsp3) is 0.526. The van der Waals surface area contributed by atoms with Crippen LogP contribution in [0.1, 0.15) is 25.7 Å². The van der Waals surface area contributed by atoms with E-state index < -0.39 is 6.04 Å². The van der Waals surface area contributed by atoms with Gasteiger partial charge in [-0.1, -0.05) is 0 Å². The Morgan fingerprint density at radius 3 is 2.67 bits per heavy atom. The zero-order chi connectivity index (χ0) is 19.2. The van der Waals surface area contributed by atoms with Crippen LogP contribution in [0.2, 0.25) is 0 Å². The summed E-state index contributed by atoms with van der Waals surface area (Å²) < 4.78 is 14.6. The van der Waals surface area contributed by atoms with Crippen molar-refractivity contribution in [2.75, 3.05) is 42.9 Å². The van der Waals surface area contributed by atoms with Gasteiger partial charge in [0, 0.05) is 44.7 Å². The molecule has 2 aliphatic rings. The molecule has 0 bridgehead atoms. The van der Waals surface area contributed by atoms with Crippen LogP contribution < -0.4 is 15.5 Å². The number of nitrogens with one attached hydrogen (secondary N) is 2. The summed E-state index contributed by atoms with van der Waals surface area (Å²) >= 11 is 0. The molecule has 1 atom stereocenters. The normalized spacial score (nSPS) is 21.1. The third-order valence-corrected chi connectivity index (χ3v) is 5.04. The Morgan fingerprint density at radius 2 is 2.00 bits per heavy atom. The van der Waals surface area contributed by atoms with E-state index in [-0.39, 0.29) is 24.1 Å². The van der Waals surface area contributed by atoms with Crippen molar-refractivity contribution in [3.63, 3.8) is 0 Å². The van der Waals surface area contributed by atoms with Crippen molar-refractivity contribution in [1.82, 2.24) is 10.2 Å². The van der Waals surface area contributed by atoms with Crippen LogP contribution in [0.15, 0.2) is 18.2 Å². The molecule has 1 aromatic rings. The van der Waals surface area contributed by atoms with Crippen LogP contribution in [0, 0.1) is 5.82 Å². The van der Waals surface area contributed by atoms with Crippen molar-refractivity contribution in [2.45, 2.75) is 31.7 Å². The van der Waals surface area contributed by atoms with Gasteiger partial charge in [-0.3, -0.25) is 19.8 Å². The van der Waals surface area contributed by atoms with E-state index >= 15 is 0 Å². The van der Waals surface area contributed by atoms with Crippen LogP contribution >= 0.6 is 0 Å². The minimum Gasteiger partial charge on any atom is -0.374 e. The minimum absolute atomic E-state index is 0.273. The standard InChI is InChI=1S/C19H25FN4O3/c20-15-13-14(21-16-4-6-18(26)22-19(16)27)3-5-17(15)24-10-8-23(9-11-24)7-1-2-12-25/h3,5,12-13,16,21H,1-2,4,6-11H2,(H,22,26,27). The number of rotatable bonds is 7. The summed E-state index contributed by atoms with van der Waals surface area (Å²) in [5, 5.41) is 5.28. The van der Waals surface area contributed by atoms with Crippen molar-refractivity contribution in [3.05, 3.63) is 24.0 Å². The Labute approximate surface area is 157 Å². The molecular weight excluding hydrogens is 351 g/mol. The van der Waals surface area contributed by atoms with E-state index in [0.29, 0.717) is 24.2 Å². The average Bonchev–Trinajstić information content (AvgIpc) is 2.65. The van der Waals surface area contributed by atoms with Gasteiger partial charge in [0.1, 0.15) is 18.1 Å². The Bertz CT molecular complexity index is 704. The van der Waals surface area contributed by atoms with Crippen LogP contribution in [-0.4, -0.2) is 61.8 Å². The number of benzene rings is 1. The lowest BCUT2D eigenvalue weighted by molar-refractivity contribution is -0.133. The Kier molecular flexibility index (Phi) is 6.39. The summed E-state index contributed by atoms with van der Waals surface area (Å²) in [4.78, 5) is 37.7. The summed E-state index contributed by atoms with van der Waals surface area (Å²) in [6.07, 6.45) is 3.06. The number of aldehydes is 1. The van der Waals surface area contributed by atoms with Gasteiger partial charge >= 0.3 is 0 Å². The molecule has 2 saturated heterocycles. The number of halogens is 1. The molecule has 27 heavy (non-hydrogen) atoms. The first-order valence-electron chi connectivity index (χ1n) is 9.37. The van der Waals surface area contributed by atoms with Crippen LogP contribution in [0.5, 0.6) is 0 Å². The molecule has 7 nitrogen and oxygen atoms in total. The molecule has 0 saturated carbocycles. The van der Waals surface area contributed by atoms with Gasteiger partial charge < -0.3 is 15.0 Å². The monoisotopic (exact) mass is 376 g/mol. The fourth-order valence-corrected chi connectivity index (χ4v) is 3.50. The molecule has 2 amide bonds. The average molecular weight is 376 g/mol. The van der Waals surface area contributed by atoms with E-state index in [2.05, 4.69) is 15.5 Å². The van der Waals surface area contributed by atoms with Gasteiger partial charge in [0.25, 0.3) is 0 Å². The van der Waals surface area contributed by atoms with Crippen LogP contribution in [0.3, 0.4) is 0 Å². The molecule has 2 fully saturated rings. The highest BCUT2D eigenvalue weighted by Crippen LogP contribution is 2.25. The Hall–Kier alpha value is -2.48. The predicted molar refractivity (Wildman–Crippen MR) is 100 cm³/mol. The summed E-state index contributed by atoms with van der Waals surface area (Å²) in [7, 11) is 0. The number of piperidine rings is 1. The summed E-state index contributed by atoms with van der Waals surface area (Å²) in [5.41, 5.74) is 1.08. The van der Waals surface area contributed by atoms with Gasteiger partial charge in [0.05, 0.1) is 5.69 Å². The maximum absolute atomic E-state index is 14.6. The van der Waals surface area contributed by atoms with E-state index in [1.807, 2.05) is 4.90 Å². The van der Waals surface area contributed by atoms with Crippen molar-refractivity contribution < 1.29 is 18.8 Å². The number of unbranched alkanes of at least 4 members (excludes halogenated alkanes) is 1. The van der Waals surface area contributed by atoms with E-state index in [9.17, 15) is 18.8 Å². The number of imide groups is 1. The van der Waals surface area contributed by atoms with E-state index in [1.165, 1.54) is 6.07 Å². The molecule has 1 unspecified atom stereocenters. The number of hydrogen-bond acceptors (Lipinski definition) is 6. The molecule has 8 heteroatoms. The molecule has 2 N–H and O–H groups in total. The molecule has 0 aliphatic carbocycles. The molecule has 2 heterocycles. The van der Waals surface area contributed by atoms with Crippen molar-refractivity contribution >= 4 is 29.5 Å². The second-order valence-corrected chi connectivity index (χ2v) is 6.95. The SMILES string of the molecule is O=CCCCN1CCN(c2ccc(NC3CCC(=O)NC3=O)cc2F)CC1. The number of carbonyl (C=O) groups excluding carboxylic acids is 3. The molecule has 3 rings (SSSR count). The van der Waals surface area contributed by atoms with Crippen LogP contribution in [0.25, 0.3) is 0 Å². The maximum atomic E-state index is 14.6. The van der Waals surface area contributed by atoms with Gasteiger partial charge in [-0.05, 0) is 37.6 Å². The molecule has 146 valence electrons. The summed E-state index contributed by atoms with van der Waals surface area (Å²) in [6.45, 7) is 4.04. The summed E-state index contributed by atoms with van der Waals surface area (Å²) in [5.74, 6) is -0.979. The Morgan fingerprint density at radius 1 is 1.22 bits per heavy atom. The number of amides is 2. The highest BCUT2D eigenvalue weighted by Gasteiger charge is 2.26. The maximum Gasteiger partial charge on any atom is 0.249 e. The van der Waals surface area contributed by atoms with Gasteiger partial charge in [-0.25, -0.2) is 4.39 Å². The van der Waals surface area contributed by atoms with Crippen LogP contribution in [-0.2, 0) is 14.4 Å². The zero-order valence-corrected chi connectivity index (χ0v) is 15.2. The summed E-state index contributed by atoms with van der Waals surface area (Å²) in [6, 6.07) is 4.36. The van der Waals surface area contributed by atoms with Crippen molar-refractivity contribution in [1.29, 1.82) is 0 Å². The fourth-order valence-electron chi connectivity index (χ4n) is 3.50. The highest BCUT2D eigenvalue weighted by molar-refractivity contribution is 6.01. The van der Waals surface area contributed by atoms with E-state index in [0.717, 1.165) is 45.4 Å². The lowest BCUT2D eigenvalue weighted by Crippen LogP contribution is -2.47. The second-order valence-electron chi connectivity index (χ2n) is 6.95. The molecule has 1 aromatic carbocycles. The zero-order valence-electron chi connectivity index (χ0n) is 15.2. The molecule has 0 radical (unpaired) electrons. The second kappa shape index (κ2) is 8.94. The van der Waals surface area contributed by atoms with Crippen LogP contribution in [0.4, 0.5) is 15.8 Å². The molecule has 0 aromatic heterocycles. The molecular formula is C19H25FN4O3. The van der Waals surface area contributed by atoms with Gasteiger partial charge in [0.2, 0.25) is 11.8 Å². The lowest BCUT2D eigenvalue weighted by atomic mass is 10.1. The van der Waals surface area contributed by atoms with Crippen molar-refractivity contribution in [2.24, 2.45) is 0 Å². The van der Waals surface area contributed by atoms with Crippen molar-refractivity contribution in [3.8, 4) is 0 Å². The first-order chi connectivity index (χ1) is 13.1. The molecule has 2 aliphatic heterocycles. The highest BCUT2D eigenvalue weighted by atomic mass is 19.1. The first-order valence-corrected chi connectivity index (χ1v) is 9.37. The third-order valence-electron chi connectivity index (χ3n) is 5.04. The quantitative estimate of drug-likeness (QED) is 0.422. The van der Waals surface area contributed by atoms with Gasteiger partial charge in [0.15, 0.2) is 0 Å². The molecule has 0 spiro atoms. The van der Waals surface area contributed by atoms with Gasteiger partial charge in [-0.15, -0.1) is 0 Å². The predicted octanol–water partition coefficient (Wildman–Crippen LogP) is 1.14. The third kappa shape index (κ3) is 5.03. The largest absolute Gasteiger partial charge is 0.374 e. The number of nitrogens with zero attached hydrogens (tertiary/aromatic N) is 2. The topological polar surface area (TPSA) is 81.8 Å². The first kappa shape index (κ1) is 19.3. The van der Waals surface area contributed by atoms with E-state index in [4.69, 9.17) is 0 Å². The minimum atomic E-state index is -0.525. The smallest absolute Gasteiger partial charge is 0.249 e. The Balaban J connectivity index is 1.55. The number of carbonyl (C=O) groups is 3. The number of piperazine rings is 1. The van der Waals surface area contributed by atoms with Gasteiger partial charge in [-0.2, -0.15) is 0 Å². The lowest BCUT2D eigenvalue weighted by Gasteiger charge is -2.36. The number of anilines is 2. The number of hydrogen-bond donors (Lipinski definition) is 2. The van der Waals surface area contributed by atoms with E-state index in [1.54, 1.807) is 12.1 Å².